The van der Waals surface area contributed by atoms with Gasteiger partial charge in [0.1, 0.15) is 11.4 Å². The summed E-state index contributed by atoms with van der Waals surface area (Å²) in [7, 11) is 0. The fraction of sp³-hybridized carbons (Fsp3) is 0.350. The number of benzene rings is 1. The van der Waals surface area contributed by atoms with Gasteiger partial charge in [0.2, 0.25) is 0 Å². The number of hydrogen-bond donors (Lipinski definition) is 1. The third-order valence-corrected chi connectivity index (χ3v) is 4.99. The highest BCUT2D eigenvalue weighted by Crippen LogP contribution is 2.22. The van der Waals surface area contributed by atoms with Crippen molar-refractivity contribution in [2.45, 2.75) is 47.3 Å². The number of aryl methyl sites for hydroxylation is 2. The SMILES string of the molecule is CCn1ncc(CNC(=O)c2cccc(Cn3nc(C)c([N+](=O)[O-])c3C)c2)c1C. The smallest absolute Gasteiger partial charge is 0.312 e. The van der Waals surface area contributed by atoms with Gasteiger partial charge in [-0.05, 0) is 45.4 Å². The van der Waals surface area contributed by atoms with E-state index >= 15 is 0 Å². The summed E-state index contributed by atoms with van der Waals surface area (Å²) in [5.41, 5.74) is 4.28. The van der Waals surface area contributed by atoms with Crippen LogP contribution in [0, 0.1) is 30.9 Å². The molecule has 152 valence electrons. The number of nitrogens with one attached hydrogen (secondary N) is 1. The molecular weight excluding hydrogens is 372 g/mol. The average molecular weight is 396 g/mol. The lowest BCUT2D eigenvalue weighted by molar-refractivity contribution is -0.386. The largest absolute Gasteiger partial charge is 0.348 e. The molecule has 9 heteroatoms. The van der Waals surface area contributed by atoms with E-state index in [-0.39, 0.29) is 11.6 Å². The van der Waals surface area contributed by atoms with E-state index in [4.69, 9.17) is 0 Å². The number of carbonyl (C=O) groups is 1. The van der Waals surface area contributed by atoms with Gasteiger partial charge in [0, 0.05) is 29.9 Å². The Labute approximate surface area is 168 Å². The number of aromatic nitrogens is 4. The van der Waals surface area contributed by atoms with Crippen LogP contribution in [0.5, 0.6) is 0 Å². The summed E-state index contributed by atoms with van der Waals surface area (Å²) >= 11 is 0. The fourth-order valence-corrected chi connectivity index (χ4v) is 3.34. The molecule has 2 heterocycles. The quantitative estimate of drug-likeness (QED) is 0.488. The molecule has 0 spiro atoms. The Kier molecular flexibility index (Phi) is 5.76. The van der Waals surface area contributed by atoms with Gasteiger partial charge in [-0.3, -0.25) is 24.3 Å². The topological polar surface area (TPSA) is 108 Å². The van der Waals surface area contributed by atoms with Gasteiger partial charge < -0.3 is 5.32 Å². The number of nitro groups is 1. The second-order valence-electron chi connectivity index (χ2n) is 6.89. The molecule has 0 aliphatic rings. The Bertz CT molecular complexity index is 1070. The van der Waals surface area contributed by atoms with Crippen LogP contribution in [0.3, 0.4) is 0 Å². The summed E-state index contributed by atoms with van der Waals surface area (Å²) in [5, 5.41) is 22.6. The molecule has 0 aliphatic carbocycles. The van der Waals surface area contributed by atoms with Gasteiger partial charge in [-0.1, -0.05) is 12.1 Å². The van der Waals surface area contributed by atoms with Gasteiger partial charge in [0.25, 0.3) is 5.91 Å². The molecule has 0 atom stereocenters. The molecule has 0 bridgehead atoms. The molecule has 0 radical (unpaired) electrons. The van der Waals surface area contributed by atoms with Crippen LogP contribution in [0.2, 0.25) is 0 Å². The zero-order valence-electron chi connectivity index (χ0n) is 17.0. The first kappa shape index (κ1) is 20.2. The lowest BCUT2D eigenvalue weighted by atomic mass is 10.1. The minimum atomic E-state index is -0.416. The lowest BCUT2D eigenvalue weighted by Gasteiger charge is -2.08. The summed E-state index contributed by atoms with van der Waals surface area (Å²) in [5.74, 6) is -0.185. The van der Waals surface area contributed by atoms with Crippen LogP contribution < -0.4 is 5.32 Å². The standard InChI is InChI=1S/C20H24N6O3/c1-5-24-14(3)18(11-22-24)10-21-20(27)17-8-6-7-16(9-17)12-25-15(4)19(26(28)29)13(2)23-25/h6-9,11H,5,10,12H2,1-4H3,(H,21,27). The minimum Gasteiger partial charge on any atom is -0.348 e. The minimum absolute atomic E-state index is 0.0295. The van der Waals surface area contributed by atoms with Crippen molar-refractivity contribution >= 4 is 11.6 Å². The molecule has 0 fully saturated rings. The molecule has 1 N–H and O–H groups in total. The maximum Gasteiger partial charge on any atom is 0.312 e. The Balaban J connectivity index is 1.72. The summed E-state index contributed by atoms with van der Waals surface area (Å²) < 4.78 is 3.47. The van der Waals surface area contributed by atoms with Crippen LogP contribution in [0.25, 0.3) is 0 Å². The number of amides is 1. The van der Waals surface area contributed by atoms with Gasteiger partial charge >= 0.3 is 5.69 Å². The summed E-state index contributed by atoms with van der Waals surface area (Å²) in [6.45, 7) is 8.83. The maximum absolute atomic E-state index is 12.6. The normalized spacial score (nSPS) is 10.9. The molecule has 3 aromatic rings. The predicted octanol–water partition coefficient (Wildman–Crippen LogP) is 2.91. The molecule has 1 aromatic carbocycles. The first-order valence-electron chi connectivity index (χ1n) is 9.38. The van der Waals surface area contributed by atoms with Crippen LogP contribution in [0.15, 0.2) is 30.5 Å². The Morgan fingerprint density at radius 1 is 1.21 bits per heavy atom. The van der Waals surface area contributed by atoms with Crippen LogP contribution in [-0.2, 0) is 19.6 Å². The van der Waals surface area contributed by atoms with E-state index in [9.17, 15) is 14.9 Å². The second kappa shape index (κ2) is 8.26. The molecule has 0 saturated carbocycles. The van der Waals surface area contributed by atoms with Crippen LogP contribution in [0.1, 0.15) is 45.5 Å². The Morgan fingerprint density at radius 2 is 1.97 bits per heavy atom. The van der Waals surface area contributed by atoms with Crippen molar-refractivity contribution in [3.63, 3.8) is 0 Å². The molecule has 2 aromatic heterocycles. The molecule has 29 heavy (non-hydrogen) atoms. The van der Waals surface area contributed by atoms with Gasteiger partial charge in [0.15, 0.2) is 0 Å². The summed E-state index contributed by atoms with van der Waals surface area (Å²) in [6, 6.07) is 7.18. The Hall–Kier alpha value is -3.49. The van der Waals surface area contributed by atoms with Crippen molar-refractivity contribution in [3.8, 4) is 0 Å². The molecule has 3 rings (SSSR count). The van der Waals surface area contributed by atoms with Gasteiger partial charge in [0.05, 0.1) is 17.7 Å². The van der Waals surface area contributed by atoms with Crippen LogP contribution in [0.4, 0.5) is 5.69 Å². The second-order valence-corrected chi connectivity index (χ2v) is 6.89. The molecule has 0 saturated heterocycles. The van der Waals surface area contributed by atoms with Crippen molar-refractivity contribution in [2.75, 3.05) is 0 Å². The van der Waals surface area contributed by atoms with Crippen molar-refractivity contribution in [1.29, 1.82) is 0 Å². The third-order valence-electron chi connectivity index (χ3n) is 4.99. The summed E-state index contributed by atoms with van der Waals surface area (Å²) in [4.78, 5) is 23.3. The van der Waals surface area contributed by atoms with Crippen LogP contribution in [-0.4, -0.2) is 30.4 Å². The van der Waals surface area contributed by atoms with E-state index in [1.54, 1.807) is 42.9 Å². The van der Waals surface area contributed by atoms with Crippen molar-refractivity contribution < 1.29 is 9.72 Å². The highest BCUT2D eigenvalue weighted by Gasteiger charge is 2.21. The zero-order chi connectivity index (χ0) is 21.1. The number of nitrogens with zero attached hydrogens (tertiary/aromatic N) is 5. The van der Waals surface area contributed by atoms with E-state index in [1.165, 1.54) is 0 Å². The van der Waals surface area contributed by atoms with Gasteiger partial charge in [-0.15, -0.1) is 0 Å². The number of hydrogen-bond acceptors (Lipinski definition) is 5. The maximum atomic E-state index is 12.6. The zero-order valence-corrected chi connectivity index (χ0v) is 17.0. The monoisotopic (exact) mass is 396 g/mol. The first-order valence-corrected chi connectivity index (χ1v) is 9.38. The first-order chi connectivity index (χ1) is 13.8. The van der Waals surface area contributed by atoms with E-state index in [0.29, 0.717) is 30.0 Å². The summed E-state index contributed by atoms with van der Waals surface area (Å²) in [6.07, 6.45) is 1.77. The molecule has 0 aliphatic heterocycles. The van der Waals surface area contributed by atoms with Crippen LogP contribution >= 0.6 is 0 Å². The molecule has 9 nitrogen and oxygen atoms in total. The van der Waals surface area contributed by atoms with Crippen molar-refractivity contribution in [3.05, 3.63) is 74.3 Å². The molecular formula is C20H24N6O3. The van der Waals surface area contributed by atoms with Crippen molar-refractivity contribution in [2.24, 2.45) is 0 Å². The van der Waals surface area contributed by atoms with Gasteiger partial charge in [-0.25, -0.2) is 0 Å². The Morgan fingerprint density at radius 3 is 2.59 bits per heavy atom. The molecule has 1 amide bonds. The highest BCUT2D eigenvalue weighted by molar-refractivity contribution is 5.94. The number of carbonyl (C=O) groups excluding carboxylic acids is 1. The van der Waals surface area contributed by atoms with Crippen molar-refractivity contribution in [1.82, 2.24) is 24.9 Å². The highest BCUT2D eigenvalue weighted by atomic mass is 16.6. The lowest BCUT2D eigenvalue weighted by Crippen LogP contribution is -2.23. The van der Waals surface area contributed by atoms with E-state index in [0.717, 1.165) is 23.4 Å². The molecule has 0 unspecified atom stereocenters. The van der Waals surface area contributed by atoms with E-state index < -0.39 is 4.92 Å². The van der Waals surface area contributed by atoms with E-state index in [2.05, 4.69) is 15.5 Å². The van der Waals surface area contributed by atoms with Gasteiger partial charge in [-0.2, -0.15) is 10.2 Å². The van der Waals surface area contributed by atoms with E-state index in [1.807, 2.05) is 24.6 Å². The fourth-order valence-electron chi connectivity index (χ4n) is 3.34. The third kappa shape index (κ3) is 4.18. The number of rotatable bonds is 7. The average Bonchev–Trinajstić information content (AvgIpc) is 3.18. The predicted molar refractivity (Wildman–Crippen MR) is 108 cm³/mol.